The monoisotopic (exact) mass is 214 g/mol. The maximum atomic E-state index is 11.0. The minimum atomic E-state index is -3.93. The molecule has 0 aliphatic carbocycles. The van der Waals surface area contributed by atoms with Crippen molar-refractivity contribution >= 4 is 27.4 Å². The van der Waals surface area contributed by atoms with Gasteiger partial charge in [-0.3, -0.25) is 0 Å². The fraction of sp³-hybridized carbons (Fsp3) is 0. The molecule has 0 fully saturated rings. The highest BCUT2D eigenvalue weighted by Crippen LogP contribution is 2.22. The zero-order valence-electron chi connectivity index (χ0n) is 6.09. The van der Waals surface area contributed by atoms with Gasteiger partial charge in [-0.25, -0.2) is 4.79 Å². The topological polar surface area (TPSA) is 87.4 Å². The molecule has 5 nitrogen and oxygen atoms in total. The van der Waals surface area contributed by atoms with Crippen molar-refractivity contribution < 1.29 is 13.2 Å². The summed E-state index contributed by atoms with van der Waals surface area (Å²) in [6, 6.07) is 4.34. The summed E-state index contributed by atoms with van der Waals surface area (Å²) in [4.78, 5) is 9.99. The summed E-state index contributed by atoms with van der Waals surface area (Å²) in [5.41, 5.74) is 0. The van der Waals surface area contributed by atoms with Crippen LogP contribution in [0.15, 0.2) is 20.7 Å². The molecule has 0 aromatic carbocycles. The minimum Gasteiger partial charge on any atom is -0.210 e. The van der Waals surface area contributed by atoms with Crippen molar-refractivity contribution in [2.75, 3.05) is 0 Å². The van der Waals surface area contributed by atoms with Crippen molar-refractivity contribution in [2.24, 2.45) is 4.40 Å². The molecule has 13 heavy (non-hydrogen) atoms. The number of carbonyl (C=O) groups excluding carboxylic acids is 1. The van der Waals surface area contributed by atoms with Gasteiger partial charge in [0.05, 0.1) is 0 Å². The van der Waals surface area contributed by atoms with Crippen molar-refractivity contribution in [2.45, 2.75) is 4.21 Å². The SMILES string of the molecule is N#Cc1ccc(S(=O)(=O)N=C=O)s1. The maximum absolute atomic E-state index is 11.0. The van der Waals surface area contributed by atoms with E-state index >= 15 is 0 Å². The number of nitriles is 1. The molecule has 0 radical (unpaired) electrons. The van der Waals surface area contributed by atoms with E-state index in [1.807, 2.05) is 0 Å². The Morgan fingerprint density at radius 2 is 2.15 bits per heavy atom. The zero-order valence-corrected chi connectivity index (χ0v) is 7.72. The molecule has 0 N–H and O–H groups in total. The Balaban J connectivity index is 3.25. The van der Waals surface area contributed by atoms with E-state index in [4.69, 9.17) is 5.26 Å². The molecule has 0 aliphatic rings. The first kappa shape index (κ1) is 9.61. The Hall–Kier alpha value is -1.48. The van der Waals surface area contributed by atoms with E-state index in [-0.39, 0.29) is 9.09 Å². The van der Waals surface area contributed by atoms with Crippen LogP contribution in [0.25, 0.3) is 0 Å². The van der Waals surface area contributed by atoms with Crippen LogP contribution in [0.4, 0.5) is 0 Å². The third-order valence-electron chi connectivity index (χ3n) is 1.10. The molecule has 0 amide bonds. The van der Waals surface area contributed by atoms with E-state index in [0.29, 0.717) is 0 Å². The van der Waals surface area contributed by atoms with E-state index < -0.39 is 10.0 Å². The highest BCUT2D eigenvalue weighted by molar-refractivity contribution is 7.92. The second-order valence-electron chi connectivity index (χ2n) is 1.89. The molecule has 0 unspecified atom stereocenters. The van der Waals surface area contributed by atoms with Gasteiger partial charge in [-0.15, -0.1) is 11.3 Å². The van der Waals surface area contributed by atoms with Crippen LogP contribution in [-0.2, 0) is 14.8 Å². The Labute approximate surface area is 78.0 Å². The second-order valence-corrected chi connectivity index (χ2v) is 4.80. The summed E-state index contributed by atoms with van der Waals surface area (Å²) in [5, 5.41) is 8.40. The number of nitrogens with zero attached hydrogens (tertiary/aromatic N) is 2. The quantitative estimate of drug-likeness (QED) is 0.534. The van der Waals surface area contributed by atoms with E-state index in [0.717, 1.165) is 17.4 Å². The standard InChI is InChI=1S/C6H2N2O3S2/c7-3-5-1-2-6(12-5)13(10,11)8-4-9/h1-2H. The van der Waals surface area contributed by atoms with Crippen LogP contribution < -0.4 is 0 Å². The maximum Gasteiger partial charge on any atom is 0.302 e. The fourth-order valence-corrected chi connectivity index (χ4v) is 2.38. The summed E-state index contributed by atoms with van der Waals surface area (Å²) in [7, 11) is -3.93. The fourth-order valence-electron chi connectivity index (χ4n) is 0.613. The lowest BCUT2D eigenvalue weighted by Gasteiger charge is -1.86. The van der Waals surface area contributed by atoms with Gasteiger partial charge in [0.25, 0.3) is 6.08 Å². The molecule has 66 valence electrons. The minimum absolute atomic E-state index is 0.132. The summed E-state index contributed by atoms with van der Waals surface area (Å²) in [6.07, 6.45) is 0.945. The van der Waals surface area contributed by atoms with Gasteiger partial charge in [0.2, 0.25) is 0 Å². The third kappa shape index (κ3) is 2.00. The number of hydrogen-bond donors (Lipinski definition) is 0. The van der Waals surface area contributed by atoms with Crippen LogP contribution in [0.5, 0.6) is 0 Å². The molecule has 0 aliphatic heterocycles. The Bertz CT molecular complexity index is 502. The first-order chi connectivity index (χ1) is 6.10. The van der Waals surface area contributed by atoms with Crippen LogP contribution in [0.2, 0.25) is 0 Å². The van der Waals surface area contributed by atoms with Crippen molar-refractivity contribution in [3.05, 3.63) is 17.0 Å². The number of hydrogen-bond acceptors (Lipinski definition) is 5. The van der Waals surface area contributed by atoms with Crippen LogP contribution in [0, 0.1) is 11.3 Å². The van der Waals surface area contributed by atoms with Gasteiger partial charge < -0.3 is 0 Å². The van der Waals surface area contributed by atoms with Crippen molar-refractivity contribution in [3.8, 4) is 6.07 Å². The van der Waals surface area contributed by atoms with Gasteiger partial charge in [-0.2, -0.15) is 13.7 Å². The number of rotatable bonds is 2. The van der Waals surface area contributed by atoms with Crippen LogP contribution in [0.3, 0.4) is 0 Å². The van der Waals surface area contributed by atoms with Gasteiger partial charge in [0.1, 0.15) is 15.2 Å². The van der Waals surface area contributed by atoms with Gasteiger partial charge in [0.15, 0.2) is 0 Å². The first-order valence-corrected chi connectivity index (χ1v) is 5.20. The van der Waals surface area contributed by atoms with Gasteiger partial charge >= 0.3 is 10.0 Å². The van der Waals surface area contributed by atoms with Gasteiger partial charge in [-0.1, -0.05) is 4.40 Å². The average Bonchev–Trinajstić information content (AvgIpc) is 2.52. The first-order valence-electron chi connectivity index (χ1n) is 2.94. The van der Waals surface area contributed by atoms with Crippen LogP contribution >= 0.6 is 11.3 Å². The van der Waals surface area contributed by atoms with Gasteiger partial charge in [-0.05, 0) is 12.1 Å². The molecule has 0 saturated heterocycles. The molecule has 1 aromatic heterocycles. The molecule has 1 rings (SSSR count). The molecule has 1 heterocycles. The largest absolute Gasteiger partial charge is 0.302 e. The van der Waals surface area contributed by atoms with Crippen molar-refractivity contribution in [3.63, 3.8) is 0 Å². The van der Waals surface area contributed by atoms with Crippen LogP contribution in [-0.4, -0.2) is 14.5 Å². The van der Waals surface area contributed by atoms with Crippen molar-refractivity contribution in [1.82, 2.24) is 0 Å². The van der Waals surface area contributed by atoms with E-state index in [9.17, 15) is 13.2 Å². The predicted molar refractivity (Wildman–Crippen MR) is 44.3 cm³/mol. The normalized spacial score (nSPS) is 10.1. The summed E-state index contributed by atoms with van der Waals surface area (Å²) in [5.74, 6) is 0. The van der Waals surface area contributed by atoms with Crippen LogP contribution in [0.1, 0.15) is 4.88 Å². The summed E-state index contributed by atoms with van der Waals surface area (Å²) in [6.45, 7) is 0. The number of thiophene rings is 1. The molecule has 7 heteroatoms. The Kier molecular flexibility index (Phi) is 2.58. The zero-order chi connectivity index (χ0) is 9.90. The molecular formula is C6H2N2O3S2. The lowest BCUT2D eigenvalue weighted by Crippen LogP contribution is -1.91. The highest BCUT2D eigenvalue weighted by Gasteiger charge is 2.15. The van der Waals surface area contributed by atoms with Gasteiger partial charge in [0, 0.05) is 0 Å². The predicted octanol–water partition coefficient (Wildman–Crippen LogP) is 0.644. The third-order valence-corrected chi connectivity index (χ3v) is 3.73. The van der Waals surface area contributed by atoms with E-state index in [1.54, 1.807) is 6.07 Å². The smallest absolute Gasteiger partial charge is 0.210 e. The summed E-state index contributed by atoms with van der Waals surface area (Å²) < 4.78 is 24.6. The lowest BCUT2D eigenvalue weighted by molar-refractivity contribution is 0.564. The number of sulfonamides is 1. The molecule has 0 atom stereocenters. The molecular weight excluding hydrogens is 212 g/mol. The lowest BCUT2D eigenvalue weighted by atomic mass is 10.5. The molecule has 0 spiro atoms. The average molecular weight is 214 g/mol. The Morgan fingerprint density at radius 1 is 1.46 bits per heavy atom. The highest BCUT2D eigenvalue weighted by atomic mass is 32.2. The summed E-state index contributed by atoms with van der Waals surface area (Å²) >= 11 is 0.758. The number of isocyanates is 1. The second kappa shape index (κ2) is 3.49. The molecule has 1 aromatic rings. The molecule has 0 saturated carbocycles. The Morgan fingerprint density at radius 3 is 2.62 bits per heavy atom. The van der Waals surface area contributed by atoms with Crippen molar-refractivity contribution in [1.29, 1.82) is 5.26 Å². The van der Waals surface area contributed by atoms with E-state index in [2.05, 4.69) is 4.40 Å². The molecule has 0 bridgehead atoms. The van der Waals surface area contributed by atoms with E-state index in [1.165, 1.54) is 12.1 Å².